The summed E-state index contributed by atoms with van der Waals surface area (Å²) in [6, 6.07) is 17.5. The second-order valence-corrected chi connectivity index (χ2v) is 6.42. The fourth-order valence-corrected chi connectivity index (χ4v) is 3.37. The molecule has 5 heteroatoms. The first-order valence-electron chi connectivity index (χ1n) is 8.77. The fourth-order valence-electron chi connectivity index (χ4n) is 3.37. The second kappa shape index (κ2) is 7.04. The molecule has 0 aromatic heterocycles. The Bertz CT molecular complexity index is 861. The van der Waals surface area contributed by atoms with Gasteiger partial charge in [0.25, 0.3) is 5.91 Å². The van der Waals surface area contributed by atoms with Crippen LogP contribution in [0.15, 0.2) is 60.7 Å². The molecule has 132 valence electrons. The van der Waals surface area contributed by atoms with Gasteiger partial charge in [-0.3, -0.25) is 14.5 Å². The van der Waals surface area contributed by atoms with Gasteiger partial charge in [0.1, 0.15) is 12.3 Å². The molecule has 0 spiro atoms. The van der Waals surface area contributed by atoms with Gasteiger partial charge in [0.05, 0.1) is 5.69 Å². The Morgan fingerprint density at radius 1 is 1.04 bits per heavy atom. The molecule has 2 aromatic rings. The van der Waals surface area contributed by atoms with Crippen molar-refractivity contribution in [2.24, 2.45) is 0 Å². The van der Waals surface area contributed by atoms with Crippen LogP contribution in [-0.2, 0) is 9.59 Å². The molecule has 0 aliphatic carbocycles. The summed E-state index contributed by atoms with van der Waals surface area (Å²) in [5, 5.41) is 0. The Balaban J connectivity index is 1.45. The summed E-state index contributed by atoms with van der Waals surface area (Å²) in [6.45, 7) is 1.26. The molecule has 0 atom stereocenters. The number of nitrogens with zero attached hydrogens (tertiary/aromatic N) is 2. The quantitative estimate of drug-likeness (QED) is 0.857. The molecule has 2 heterocycles. The number of amides is 2. The van der Waals surface area contributed by atoms with E-state index in [4.69, 9.17) is 4.74 Å². The highest BCUT2D eigenvalue weighted by molar-refractivity contribution is 6.02. The highest BCUT2D eigenvalue weighted by Crippen LogP contribution is 2.31. The van der Waals surface area contributed by atoms with Crippen LogP contribution in [0.3, 0.4) is 0 Å². The molecule has 2 aromatic carbocycles. The van der Waals surface area contributed by atoms with Crippen molar-refractivity contribution in [3.63, 3.8) is 0 Å². The van der Waals surface area contributed by atoms with Gasteiger partial charge >= 0.3 is 0 Å². The average Bonchev–Trinajstić information content (AvgIpc) is 2.71. The topological polar surface area (TPSA) is 49.9 Å². The summed E-state index contributed by atoms with van der Waals surface area (Å²) in [5.41, 5.74) is 3.13. The van der Waals surface area contributed by atoms with E-state index in [1.54, 1.807) is 4.90 Å². The number of anilines is 1. The lowest BCUT2D eigenvalue weighted by molar-refractivity contribution is -0.131. The van der Waals surface area contributed by atoms with Crippen molar-refractivity contribution in [2.45, 2.75) is 6.42 Å². The minimum atomic E-state index is -0.186. The zero-order valence-corrected chi connectivity index (χ0v) is 14.4. The van der Waals surface area contributed by atoms with Crippen LogP contribution in [0, 0.1) is 0 Å². The molecule has 0 saturated carbocycles. The summed E-state index contributed by atoms with van der Waals surface area (Å²) < 4.78 is 5.43. The van der Waals surface area contributed by atoms with Gasteiger partial charge in [-0.1, -0.05) is 48.5 Å². The van der Waals surface area contributed by atoms with Crippen molar-refractivity contribution >= 4 is 23.1 Å². The SMILES string of the molecule is O=C(CN1C(=O)COc2ccccc21)N1CC=C(c2ccccc2)CC1. The second-order valence-electron chi connectivity index (χ2n) is 6.42. The van der Waals surface area contributed by atoms with E-state index in [1.807, 2.05) is 42.5 Å². The van der Waals surface area contributed by atoms with Crippen LogP contribution in [0.5, 0.6) is 5.75 Å². The summed E-state index contributed by atoms with van der Waals surface area (Å²) in [5.74, 6) is 0.415. The van der Waals surface area contributed by atoms with Gasteiger partial charge in [-0.05, 0) is 29.7 Å². The first-order valence-corrected chi connectivity index (χ1v) is 8.77. The number of benzene rings is 2. The van der Waals surface area contributed by atoms with E-state index in [0.29, 0.717) is 24.5 Å². The van der Waals surface area contributed by atoms with Crippen LogP contribution >= 0.6 is 0 Å². The Hall–Kier alpha value is -3.08. The van der Waals surface area contributed by atoms with Gasteiger partial charge < -0.3 is 9.64 Å². The zero-order chi connectivity index (χ0) is 17.9. The molecule has 0 radical (unpaired) electrons. The van der Waals surface area contributed by atoms with Crippen molar-refractivity contribution in [3.05, 3.63) is 66.2 Å². The molecule has 2 amide bonds. The summed E-state index contributed by atoms with van der Waals surface area (Å²) in [4.78, 5) is 28.3. The highest BCUT2D eigenvalue weighted by atomic mass is 16.5. The van der Waals surface area contributed by atoms with Crippen LogP contribution in [0.25, 0.3) is 5.57 Å². The van der Waals surface area contributed by atoms with Crippen molar-refractivity contribution in [1.82, 2.24) is 4.90 Å². The molecule has 5 nitrogen and oxygen atoms in total. The molecule has 0 fully saturated rings. The number of hydrogen-bond acceptors (Lipinski definition) is 3. The number of para-hydroxylation sites is 2. The van der Waals surface area contributed by atoms with E-state index in [9.17, 15) is 9.59 Å². The number of hydrogen-bond donors (Lipinski definition) is 0. The molecule has 26 heavy (non-hydrogen) atoms. The monoisotopic (exact) mass is 348 g/mol. The standard InChI is InChI=1S/C21H20N2O3/c24-20(14-23-18-8-4-5-9-19(18)26-15-21(23)25)22-12-10-17(11-13-22)16-6-2-1-3-7-16/h1-10H,11-15H2. The minimum absolute atomic E-state index is 0.0254. The van der Waals surface area contributed by atoms with Crippen LogP contribution in [0.4, 0.5) is 5.69 Å². The van der Waals surface area contributed by atoms with Gasteiger partial charge in [-0.15, -0.1) is 0 Å². The molecule has 2 aliphatic rings. The molecular formula is C21H20N2O3. The molecule has 0 unspecified atom stereocenters. The maximum absolute atomic E-state index is 12.7. The smallest absolute Gasteiger partial charge is 0.265 e. The average molecular weight is 348 g/mol. The normalized spacial score (nSPS) is 16.6. The number of ether oxygens (including phenoxy) is 1. The van der Waals surface area contributed by atoms with E-state index in [-0.39, 0.29) is 25.0 Å². The van der Waals surface area contributed by atoms with Crippen molar-refractivity contribution in [1.29, 1.82) is 0 Å². The van der Waals surface area contributed by atoms with Crippen LogP contribution in [-0.4, -0.2) is 43.0 Å². The maximum atomic E-state index is 12.7. The van der Waals surface area contributed by atoms with E-state index in [2.05, 4.69) is 18.2 Å². The maximum Gasteiger partial charge on any atom is 0.265 e. The van der Waals surface area contributed by atoms with Gasteiger partial charge in [0.15, 0.2) is 6.61 Å². The van der Waals surface area contributed by atoms with E-state index in [1.165, 1.54) is 16.0 Å². The van der Waals surface area contributed by atoms with E-state index >= 15 is 0 Å². The molecular weight excluding hydrogens is 328 g/mol. The Kier molecular flexibility index (Phi) is 4.44. The Morgan fingerprint density at radius 3 is 2.58 bits per heavy atom. The van der Waals surface area contributed by atoms with Crippen LogP contribution < -0.4 is 9.64 Å². The van der Waals surface area contributed by atoms with Gasteiger partial charge in [0, 0.05) is 13.1 Å². The lowest BCUT2D eigenvalue weighted by Crippen LogP contribution is -2.47. The highest BCUT2D eigenvalue weighted by Gasteiger charge is 2.29. The van der Waals surface area contributed by atoms with E-state index < -0.39 is 0 Å². The predicted octanol–water partition coefficient (Wildman–Crippen LogP) is 2.73. The molecule has 4 rings (SSSR count). The first-order chi connectivity index (χ1) is 12.7. The number of carbonyl (C=O) groups excluding carboxylic acids is 2. The number of rotatable bonds is 3. The lowest BCUT2D eigenvalue weighted by atomic mass is 9.99. The third kappa shape index (κ3) is 3.20. The van der Waals surface area contributed by atoms with Crippen LogP contribution in [0.2, 0.25) is 0 Å². The molecule has 0 saturated heterocycles. The first kappa shape index (κ1) is 16.4. The third-order valence-electron chi connectivity index (χ3n) is 4.81. The Labute approximate surface area is 152 Å². The van der Waals surface area contributed by atoms with Crippen LogP contribution in [0.1, 0.15) is 12.0 Å². The van der Waals surface area contributed by atoms with Gasteiger partial charge in [-0.25, -0.2) is 0 Å². The van der Waals surface area contributed by atoms with Gasteiger partial charge in [-0.2, -0.15) is 0 Å². The van der Waals surface area contributed by atoms with Crippen molar-refractivity contribution in [3.8, 4) is 5.75 Å². The molecule has 2 aliphatic heterocycles. The molecule has 0 N–H and O–H groups in total. The summed E-state index contributed by atoms with van der Waals surface area (Å²) in [7, 11) is 0. The summed E-state index contributed by atoms with van der Waals surface area (Å²) in [6.07, 6.45) is 2.93. The van der Waals surface area contributed by atoms with E-state index in [0.717, 1.165) is 6.42 Å². The number of carbonyl (C=O) groups is 2. The fraction of sp³-hybridized carbons (Fsp3) is 0.238. The molecule has 0 bridgehead atoms. The van der Waals surface area contributed by atoms with Gasteiger partial charge in [0.2, 0.25) is 5.91 Å². The zero-order valence-electron chi connectivity index (χ0n) is 14.4. The Morgan fingerprint density at radius 2 is 1.81 bits per heavy atom. The third-order valence-corrected chi connectivity index (χ3v) is 4.81. The minimum Gasteiger partial charge on any atom is -0.482 e. The number of fused-ring (bicyclic) bond motifs is 1. The lowest BCUT2D eigenvalue weighted by Gasteiger charge is -2.32. The largest absolute Gasteiger partial charge is 0.482 e. The van der Waals surface area contributed by atoms with Crippen molar-refractivity contribution < 1.29 is 14.3 Å². The predicted molar refractivity (Wildman–Crippen MR) is 99.9 cm³/mol. The summed E-state index contributed by atoms with van der Waals surface area (Å²) >= 11 is 0. The van der Waals surface area contributed by atoms with Crippen molar-refractivity contribution in [2.75, 3.05) is 31.1 Å².